The van der Waals surface area contributed by atoms with Crippen molar-refractivity contribution < 1.29 is 22.4 Å². The summed E-state index contributed by atoms with van der Waals surface area (Å²) >= 11 is 0. The Labute approximate surface area is 175 Å². The summed E-state index contributed by atoms with van der Waals surface area (Å²) < 4.78 is 32.6. The number of hydrogen-bond acceptors (Lipinski definition) is 5. The number of rotatable bonds is 8. The molecule has 0 spiro atoms. The smallest absolute Gasteiger partial charge is 0.243 e. The van der Waals surface area contributed by atoms with E-state index in [1.807, 2.05) is 6.92 Å². The highest BCUT2D eigenvalue weighted by atomic mass is 32.2. The zero-order valence-corrected chi connectivity index (χ0v) is 17.5. The molecule has 1 aromatic heterocycles. The van der Waals surface area contributed by atoms with Crippen LogP contribution in [0.25, 0.3) is 0 Å². The van der Waals surface area contributed by atoms with Gasteiger partial charge >= 0.3 is 0 Å². The summed E-state index contributed by atoms with van der Waals surface area (Å²) in [5.41, 5.74) is 1.92. The number of Topliss-reactive ketones (excluding diaryl/α,β-unsaturated/α-hetero) is 1. The van der Waals surface area contributed by atoms with E-state index in [-0.39, 0.29) is 17.2 Å². The van der Waals surface area contributed by atoms with Gasteiger partial charge < -0.3 is 9.73 Å². The molecule has 0 unspecified atom stereocenters. The Bertz CT molecular complexity index is 1120. The highest BCUT2D eigenvalue weighted by Crippen LogP contribution is 2.20. The topological polar surface area (TPSA) is 96.7 Å². The van der Waals surface area contributed by atoms with Crippen LogP contribution in [0.3, 0.4) is 0 Å². The number of ketones is 1. The van der Waals surface area contributed by atoms with E-state index >= 15 is 0 Å². The number of aryl methyl sites for hydroxylation is 1. The van der Waals surface area contributed by atoms with E-state index in [4.69, 9.17) is 4.42 Å². The Balaban J connectivity index is 1.80. The van der Waals surface area contributed by atoms with Crippen molar-refractivity contribution in [1.29, 1.82) is 0 Å². The van der Waals surface area contributed by atoms with Gasteiger partial charge in [-0.2, -0.15) is 4.31 Å². The van der Waals surface area contributed by atoms with Gasteiger partial charge in [0.15, 0.2) is 5.78 Å². The van der Waals surface area contributed by atoms with Crippen LogP contribution in [-0.2, 0) is 21.4 Å². The van der Waals surface area contributed by atoms with E-state index in [0.29, 0.717) is 17.0 Å². The van der Waals surface area contributed by atoms with Crippen molar-refractivity contribution in [1.82, 2.24) is 4.31 Å². The summed E-state index contributed by atoms with van der Waals surface area (Å²) in [5.74, 6) is -0.168. The Kier molecular flexibility index (Phi) is 6.49. The second-order valence-corrected chi connectivity index (χ2v) is 8.79. The van der Waals surface area contributed by atoms with Gasteiger partial charge in [0.2, 0.25) is 15.9 Å². The minimum absolute atomic E-state index is 0.0818. The minimum atomic E-state index is -3.93. The van der Waals surface area contributed by atoms with Crippen LogP contribution in [0.2, 0.25) is 0 Å². The molecule has 7 nitrogen and oxygen atoms in total. The normalized spacial score (nSPS) is 11.4. The highest BCUT2D eigenvalue weighted by Gasteiger charge is 2.27. The summed E-state index contributed by atoms with van der Waals surface area (Å²) in [7, 11) is -3.93. The molecule has 0 bridgehead atoms. The first-order chi connectivity index (χ1) is 14.3. The Morgan fingerprint density at radius 3 is 2.23 bits per heavy atom. The van der Waals surface area contributed by atoms with Crippen LogP contribution >= 0.6 is 0 Å². The number of sulfonamides is 1. The average molecular weight is 426 g/mol. The predicted molar refractivity (Wildman–Crippen MR) is 113 cm³/mol. The molecule has 1 N–H and O–H groups in total. The van der Waals surface area contributed by atoms with Gasteiger partial charge in [0.05, 0.1) is 24.2 Å². The number of hydrogen-bond donors (Lipinski definition) is 1. The van der Waals surface area contributed by atoms with E-state index in [1.165, 1.54) is 25.3 Å². The summed E-state index contributed by atoms with van der Waals surface area (Å²) in [4.78, 5) is 24.1. The molecule has 1 amide bonds. The van der Waals surface area contributed by atoms with Crippen molar-refractivity contribution in [2.24, 2.45) is 0 Å². The van der Waals surface area contributed by atoms with E-state index in [0.717, 1.165) is 9.87 Å². The van der Waals surface area contributed by atoms with Crippen LogP contribution in [0.4, 0.5) is 5.69 Å². The van der Waals surface area contributed by atoms with Crippen LogP contribution in [0.5, 0.6) is 0 Å². The van der Waals surface area contributed by atoms with Gasteiger partial charge in [0.1, 0.15) is 5.76 Å². The number of benzene rings is 2. The molecule has 3 rings (SSSR count). The first-order valence-electron chi connectivity index (χ1n) is 9.26. The van der Waals surface area contributed by atoms with E-state index in [2.05, 4.69) is 5.32 Å². The van der Waals surface area contributed by atoms with Crippen LogP contribution in [0.15, 0.2) is 76.2 Å². The second kappa shape index (κ2) is 9.06. The van der Waals surface area contributed by atoms with Gasteiger partial charge in [-0.25, -0.2) is 8.42 Å². The van der Waals surface area contributed by atoms with Crippen LogP contribution in [0.1, 0.15) is 28.6 Å². The van der Waals surface area contributed by atoms with Crippen LogP contribution < -0.4 is 5.32 Å². The maximum absolute atomic E-state index is 13.1. The molecule has 8 heteroatoms. The number of nitrogens with one attached hydrogen (secondary N) is 1. The van der Waals surface area contributed by atoms with Crippen molar-refractivity contribution in [3.05, 3.63) is 83.8 Å². The second-order valence-electron chi connectivity index (χ2n) is 6.85. The van der Waals surface area contributed by atoms with E-state index < -0.39 is 22.5 Å². The van der Waals surface area contributed by atoms with Gasteiger partial charge in [-0.1, -0.05) is 17.7 Å². The lowest BCUT2D eigenvalue weighted by Gasteiger charge is -2.21. The van der Waals surface area contributed by atoms with Gasteiger partial charge in [0.25, 0.3) is 0 Å². The van der Waals surface area contributed by atoms with Gasteiger partial charge in [-0.05, 0) is 62.4 Å². The fourth-order valence-corrected chi connectivity index (χ4v) is 4.17. The van der Waals surface area contributed by atoms with Gasteiger partial charge in [-0.15, -0.1) is 0 Å². The molecule has 3 aromatic rings. The highest BCUT2D eigenvalue weighted by molar-refractivity contribution is 7.89. The molecule has 1 heterocycles. The molecular formula is C22H22N2O5S. The molecule has 0 fully saturated rings. The lowest BCUT2D eigenvalue weighted by atomic mass is 10.1. The summed E-state index contributed by atoms with van der Waals surface area (Å²) in [5, 5.41) is 2.66. The largest absolute Gasteiger partial charge is 0.468 e. The lowest BCUT2D eigenvalue weighted by Crippen LogP contribution is -2.37. The van der Waals surface area contributed by atoms with Gasteiger partial charge in [0, 0.05) is 11.3 Å². The number of carbonyl (C=O) groups excluding carboxylic acids is 2. The number of amides is 1. The molecule has 2 aromatic carbocycles. The molecule has 0 aliphatic carbocycles. The molecule has 0 aliphatic rings. The van der Waals surface area contributed by atoms with Crippen LogP contribution in [-0.4, -0.2) is 31.0 Å². The monoisotopic (exact) mass is 426 g/mol. The fraction of sp³-hybridized carbons (Fsp3) is 0.182. The molecule has 0 saturated heterocycles. The molecule has 30 heavy (non-hydrogen) atoms. The zero-order valence-electron chi connectivity index (χ0n) is 16.7. The number of nitrogens with zero attached hydrogens (tertiary/aromatic N) is 1. The maximum atomic E-state index is 13.1. The Morgan fingerprint density at radius 2 is 1.67 bits per heavy atom. The SMILES string of the molecule is CC(=O)c1ccc(NC(=O)CN(Cc2ccco2)S(=O)(=O)c2ccc(C)cc2)cc1. The third-order valence-corrected chi connectivity index (χ3v) is 6.27. The molecular weight excluding hydrogens is 404 g/mol. The minimum Gasteiger partial charge on any atom is -0.468 e. The Morgan fingerprint density at radius 1 is 1.00 bits per heavy atom. The molecule has 0 atom stereocenters. The first kappa shape index (κ1) is 21.5. The van der Waals surface area contributed by atoms with Crippen molar-refractivity contribution in [2.75, 3.05) is 11.9 Å². The maximum Gasteiger partial charge on any atom is 0.243 e. The average Bonchev–Trinajstić information content (AvgIpc) is 3.21. The summed E-state index contributed by atoms with van der Waals surface area (Å²) in [6.45, 7) is 2.84. The van der Waals surface area contributed by atoms with Crippen LogP contribution in [0, 0.1) is 6.92 Å². The third-order valence-electron chi connectivity index (χ3n) is 4.47. The zero-order chi connectivity index (χ0) is 21.7. The first-order valence-corrected chi connectivity index (χ1v) is 10.7. The molecule has 0 radical (unpaired) electrons. The number of furan rings is 1. The lowest BCUT2D eigenvalue weighted by molar-refractivity contribution is -0.116. The van der Waals surface area contributed by atoms with Crippen molar-refractivity contribution in [2.45, 2.75) is 25.3 Å². The summed E-state index contributed by atoms with van der Waals surface area (Å²) in [6, 6.07) is 16.1. The molecule has 156 valence electrons. The molecule has 0 saturated carbocycles. The van der Waals surface area contributed by atoms with Crippen molar-refractivity contribution >= 4 is 27.4 Å². The number of carbonyl (C=O) groups is 2. The van der Waals surface area contributed by atoms with E-state index in [1.54, 1.807) is 48.5 Å². The Hall–Kier alpha value is -3.23. The van der Waals surface area contributed by atoms with Crippen molar-refractivity contribution in [3.8, 4) is 0 Å². The van der Waals surface area contributed by atoms with E-state index in [9.17, 15) is 18.0 Å². The number of anilines is 1. The van der Waals surface area contributed by atoms with Crippen molar-refractivity contribution in [3.63, 3.8) is 0 Å². The fourth-order valence-electron chi connectivity index (χ4n) is 2.81. The standard InChI is InChI=1S/C22H22N2O5S/c1-16-5-11-21(12-6-16)30(27,28)24(14-20-4-3-13-29-20)15-22(26)23-19-9-7-18(8-10-19)17(2)25/h3-13H,14-15H2,1-2H3,(H,23,26). The van der Waals surface area contributed by atoms with Gasteiger partial charge in [-0.3, -0.25) is 9.59 Å². The third kappa shape index (κ3) is 5.22. The molecule has 0 aliphatic heterocycles. The predicted octanol–water partition coefficient (Wildman–Crippen LogP) is 3.62. The summed E-state index contributed by atoms with van der Waals surface area (Å²) in [6.07, 6.45) is 1.45. The quantitative estimate of drug-likeness (QED) is 0.555.